The van der Waals surface area contributed by atoms with Gasteiger partial charge in [-0.15, -0.1) is 0 Å². The first kappa shape index (κ1) is 16.7. The van der Waals surface area contributed by atoms with Crippen molar-refractivity contribution < 1.29 is 14.3 Å². The minimum Gasteiger partial charge on any atom is -0.462 e. The first-order valence-corrected chi connectivity index (χ1v) is 7.62. The third-order valence-corrected chi connectivity index (χ3v) is 3.38. The van der Waals surface area contributed by atoms with E-state index in [4.69, 9.17) is 4.74 Å². The van der Waals surface area contributed by atoms with Crippen molar-refractivity contribution in [2.75, 3.05) is 11.5 Å². The summed E-state index contributed by atoms with van der Waals surface area (Å²) >= 11 is 0. The van der Waals surface area contributed by atoms with Gasteiger partial charge in [0.1, 0.15) is 0 Å². The molecule has 2 rings (SSSR count). The molecule has 5 nitrogen and oxygen atoms in total. The zero-order valence-electron chi connectivity index (χ0n) is 13.4. The summed E-state index contributed by atoms with van der Waals surface area (Å²) in [7, 11) is 0. The van der Waals surface area contributed by atoms with Gasteiger partial charge in [-0.2, -0.15) is 0 Å². The molecule has 120 valence electrons. The summed E-state index contributed by atoms with van der Waals surface area (Å²) < 4.78 is 4.97. The minimum atomic E-state index is -0.360. The topological polar surface area (TPSA) is 59.5 Å². The molecule has 0 unspecified atom stereocenters. The Balaban J connectivity index is 2.22. The van der Waals surface area contributed by atoms with Gasteiger partial charge in [0.2, 0.25) is 5.91 Å². The molecule has 5 heteroatoms. The van der Waals surface area contributed by atoms with Crippen LogP contribution in [0.5, 0.6) is 0 Å². The van der Waals surface area contributed by atoms with Gasteiger partial charge in [0, 0.05) is 24.5 Å². The van der Waals surface area contributed by atoms with E-state index in [1.165, 1.54) is 0 Å². The fourth-order valence-corrected chi connectivity index (χ4v) is 2.18. The Morgan fingerprint density at radius 1 is 1.04 bits per heavy atom. The van der Waals surface area contributed by atoms with Gasteiger partial charge in [0.05, 0.1) is 18.7 Å². The van der Waals surface area contributed by atoms with E-state index in [-0.39, 0.29) is 11.9 Å². The molecule has 0 spiro atoms. The molecule has 0 saturated heterocycles. The molecule has 0 radical (unpaired) electrons. The molecule has 0 fully saturated rings. The number of hydrogen-bond donors (Lipinski definition) is 0. The van der Waals surface area contributed by atoms with Crippen molar-refractivity contribution in [2.24, 2.45) is 0 Å². The van der Waals surface area contributed by atoms with Gasteiger partial charge in [0.25, 0.3) is 0 Å². The number of ether oxygens (including phenoxy) is 1. The van der Waals surface area contributed by atoms with Crippen LogP contribution in [-0.2, 0) is 16.1 Å². The summed E-state index contributed by atoms with van der Waals surface area (Å²) in [4.78, 5) is 29.6. The number of aromatic nitrogens is 1. The molecule has 1 aromatic heterocycles. The van der Waals surface area contributed by atoms with Crippen molar-refractivity contribution in [3.63, 3.8) is 0 Å². The molecule has 0 N–H and O–H groups in total. The zero-order chi connectivity index (χ0) is 16.7. The molecule has 0 aliphatic carbocycles. The van der Waals surface area contributed by atoms with Gasteiger partial charge in [-0.25, -0.2) is 4.79 Å². The van der Waals surface area contributed by atoms with Gasteiger partial charge in [-0.3, -0.25) is 9.78 Å². The van der Waals surface area contributed by atoms with Crippen LogP contribution in [0.15, 0.2) is 48.8 Å². The van der Waals surface area contributed by atoms with E-state index < -0.39 is 0 Å². The highest BCUT2D eigenvalue weighted by atomic mass is 16.5. The van der Waals surface area contributed by atoms with E-state index in [9.17, 15) is 9.59 Å². The number of esters is 1. The maximum Gasteiger partial charge on any atom is 0.338 e. The second-order valence-electron chi connectivity index (χ2n) is 4.96. The molecular formula is C18H20N2O3. The number of rotatable bonds is 6. The van der Waals surface area contributed by atoms with Crippen LogP contribution in [0.2, 0.25) is 0 Å². The van der Waals surface area contributed by atoms with Crippen molar-refractivity contribution in [1.29, 1.82) is 0 Å². The van der Waals surface area contributed by atoms with Crippen molar-refractivity contribution in [1.82, 2.24) is 4.98 Å². The number of carbonyl (C=O) groups excluding carboxylic acids is 2. The lowest BCUT2D eigenvalue weighted by molar-refractivity contribution is -0.118. The fraction of sp³-hybridized carbons (Fsp3) is 0.278. The number of benzene rings is 1. The lowest BCUT2D eigenvalue weighted by Gasteiger charge is -2.22. The van der Waals surface area contributed by atoms with E-state index in [1.807, 2.05) is 19.1 Å². The van der Waals surface area contributed by atoms with Crippen LogP contribution in [-0.4, -0.2) is 23.5 Å². The third-order valence-electron chi connectivity index (χ3n) is 3.38. The third kappa shape index (κ3) is 4.39. The van der Waals surface area contributed by atoms with Crippen molar-refractivity contribution >= 4 is 17.6 Å². The largest absolute Gasteiger partial charge is 0.462 e. The monoisotopic (exact) mass is 312 g/mol. The molecule has 0 aliphatic rings. The van der Waals surface area contributed by atoms with Crippen LogP contribution in [0, 0.1) is 0 Å². The molecule has 0 saturated carbocycles. The first-order chi connectivity index (χ1) is 11.2. The van der Waals surface area contributed by atoms with E-state index in [2.05, 4.69) is 4.98 Å². The summed E-state index contributed by atoms with van der Waals surface area (Å²) in [6.07, 6.45) is 3.81. The number of amides is 1. The SMILES string of the molecule is CCOC(=O)c1ccc(N(Cc2ccncc2)C(=O)CC)cc1. The number of hydrogen-bond acceptors (Lipinski definition) is 4. The summed E-state index contributed by atoms with van der Waals surface area (Å²) in [5.74, 6) is -0.341. The molecule has 1 aromatic carbocycles. The van der Waals surface area contributed by atoms with Crippen LogP contribution in [0.4, 0.5) is 5.69 Å². The lowest BCUT2D eigenvalue weighted by atomic mass is 10.1. The fourth-order valence-electron chi connectivity index (χ4n) is 2.18. The molecule has 1 heterocycles. The van der Waals surface area contributed by atoms with Gasteiger partial charge in [-0.05, 0) is 48.9 Å². The quantitative estimate of drug-likeness (QED) is 0.769. The number of anilines is 1. The Kier molecular flexibility index (Phi) is 5.86. The summed E-state index contributed by atoms with van der Waals surface area (Å²) in [6.45, 7) is 4.40. The number of nitrogens with zero attached hydrogens (tertiary/aromatic N) is 2. The normalized spacial score (nSPS) is 10.2. The smallest absolute Gasteiger partial charge is 0.338 e. The van der Waals surface area contributed by atoms with E-state index in [0.717, 1.165) is 11.3 Å². The van der Waals surface area contributed by atoms with Crippen LogP contribution >= 0.6 is 0 Å². The van der Waals surface area contributed by atoms with Gasteiger partial charge in [-0.1, -0.05) is 6.92 Å². The van der Waals surface area contributed by atoms with Crippen molar-refractivity contribution in [3.8, 4) is 0 Å². The molecule has 0 atom stereocenters. The van der Waals surface area contributed by atoms with E-state index in [0.29, 0.717) is 25.1 Å². The lowest BCUT2D eigenvalue weighted by Crippen LogP contribution is -2.29. The Hall–Kier alpha value is -2.69. The molecule has 23 heavy (non-hydrogen) atoms. The van der Waals surface area contributed by atoms with Crippen LogP contribution in [0.25, 0.3) is 0 Å². The average molecular weight is 312 g/mol. The highest BCUT2D eigenvalue weighted by Gasteiger charge is 2.15. The number of pyridine rings is 1. The predicted molar refractivity (Wildman–Crippen MR) is 88.1 cm³/mol. The maximum absolute atomic E-state index is 12.3. The Labute approximate surface area is 135 Å². The van der Waals surface area contributed by atoms with Gasteiger partial charge < -0.3 is 9.64 Å². The molecular weight excluding hydrogens is 292 g/mol. The van der Waals surface area contributed by atoms with Gasteiger partial charge >= 0.3 is 5.97 Å². The molecule has 1 amide bonds. The Morgan fingerprint density at radius 2 is 1.70 bits per heavy atom. The van der Waals surface area contributed by atoms with Crippen LogP contribution < -0.4 is 4.90 Å². The second kappa shape index (κ2) is 8.08. The zero-order valence-corrected chi connectivity index (χ0v) is 13.4. The number of carbonyl (C=O) groups is 2. The summed E-state index contributed by atoms with van der Waals surface area (Å²) in [5, 5.41) is 0. The Bertz CT molecular complexity index is 654. The summed E-state index contributed by atoms with van der Waals surface area (Å²) in [6, 6.07) is 10.6. The maximum atomic E-state index is 12.3. The highest BCUT2D eigenvalue weighted by Crippen LogP contribution is 2.19. The molecule has 2 aromatic rings. The standard InChI is InChI=1S/C18H20N2O3/c1-3-17(21)20(13-14-9-11-19-12-10-14)16-7-5-15(6-8-16)18(22)23-4-2/h5-12H,3-4,13H2,1-2H3. The van der Waals surface area contributed by atoms with Crippen molar-refractivity contribution in [2.45, 2.75) is 26.8 Å². The van der Waals surface area contributed by atoms with Crippen LogP contribution in [0.3, 0.4) is 0 Å². The van der Waals surface area contributed by atoms with Crippen molar-refractivity contribution in [3.05, 3.63) is 59.9 Å². The van der Waals surface area contributed by atoms with E-state index in [1.54, 1.807) is 48.5 Å². The van der Waals surface area contributed by atoms with Crippen LogP contribution in [0.1, 0.15) is 36.2 Å². The second-order valence-corrected chi connectivity index (χ2v) is 4.96. The molecule has 0 bridgehead atoms. The first-order valence-electron chi connectivity index (χ1n) is 7.62. The minimum absolute atomic E-state index is 0.0192. The van der Waals surface area contributed by atoms with E-state index >= 15 is 0 Å². The summed E-state index contributed by atoms with van der Waals surface area (Å²) in [5.41, 5.74) is 2.22. The highest BCUT2D eigenvalue weighted by molar-refractivity contribution is 5.94. The average Bonchev–Trinajstić information content (AvgIpc) is 2.60. The van der Waals surface area contributed by atoms with Gasteiger partial charge in [0.15, 0.2) is 0 Å². The predicted octanol–water partition coefficient (Wildman–Crippen LogP) is 3.20. The Morgan fingerprint density at radius 3 is 2.26 bits per heavy atom. The molecule has 0 aliphatic heterocycles.